The molecule has 0 unspecified atom stereocenters. The first-order valence-corrected chi connectivity index (χ1v) is 9.94. The Kier molecular flexibility index (Phi) is 3.80. The lowest BCUT2D eigenvalue weighted by Gasteiger charge is -2.17. The number of hydrogen-bond acceptors (Lipinski definition) is 6. The quantitative estimate of drug-likeness (QED) is 0.511. The van der Waals surface area contributed by atoms with E-state index in [9.17, 15) is 9.18 Å². The Balaban J connectivity index is 1.52. The van der Waals surface area contributed by atoms with Crippen LogP contribution in [-0.2, 0) is 13.6 Å². The monoisotopic (exact) mass is 419 g/mol. The van der Waals surface area contributed by atoms with E-state index in [0.717, 1.165) is 16.7 Å². The van der Waals surface area contributed by atoms with Crippen LogP contribution in [0.15, 0.2) is 47.7 Å². The van der Waals surface area contributed by atoms with Crippen LogP contribution in [-0.4, -0.2) is 32.4 Å². The van der Waals surface area contributed by atoms with Gasteiger partial charge in [-0.05, 0) is 24.3 Å². The molecule has 8 nitrogen and oxygen atoms in total. The van der Waals surface area contributed by atoms with Crippen LogP contribution in [0.5, 0.6) is 11.5 Å². The highest BCUT2D eigenvalue weighted by atomic mass is 19.1. The number of aromatic nitrogens is 4. The van der Waals surface area contributed by atoms with E-state index >= 15 is 0 Å². The van der Waals surface area contributed by atoms with Gasteiger partial charge in [0, 0.05) is 48.1 Å². The molecule has 0 aliphatic carbocycles. The van der Waals surface area contributed by atoms with Gasteiger partial charge in [0.05, 0.1) is 19.1 Å². The molecule has 0 radical (unpaired) electrons. The molecule has 1 N–H and O–H groups in total. The molecule has 0 saturated heterocycles. The van der Waals surface area contributed by atoms with Crippen molar-refractivity contribution in [3.63, 3.8) is 0 Å². The van der Waals surface area contributed by atoms with Crippen molar-refractivity contribution in [1.82, 2.24) is 19.2 Å². The summed E-state index contributed by atoms with van der Waals surface area (Å²) in [6.07, 6.45) is 3.34. The summed E-state index contributed by atoms with van der Waals surface area (Å²) in [6, 6.07) is 8.27. The van der Waals surface area contributed by atoms with Crippen LogP contribution in [0.1, 0.15) is 17.0 Å². The molecule has 0 spiro atoms. The summed E-state index contributed by atoms with van der Waals surface area (Å²) in [5, 5.41) is 11.7. The topological polar surface area (TPSA) is 82.7 Å². The van der Waals surface area contributed by atoms with E-state index in [1.807, 2.05) is 6.07 Å². The van der Waals surface area contributed by atoms with E-state index in [0.29, 0.717) is 41.7 Å². The van der Waals surface area contributed by atoms with Crippen LogP contribution >= 0.6 is 0 Å². The zero-order valence-corrected chi connectivity index (χ0v) is 16.6. The van der Waals surface area contributed by atoms with Crippen LogP contribution < -0.4 is 20.3 Å². The van der Waals surface area contributed by atoms with Crippen molar-refractivity contribution in [3.8, 4) is 22.6 Å². The Bertz CT molecular complexity index is 1410. The van der Waals surface area contributed by atoms with E-state index in [1.54, 1.807) is 36.1 Å². The zero-order chi connectivity index (χ0) is 21.1. The van der Waals surface area contributed by atoms with E-state index < -0.39 is 0 Å². The summed E-state index contributed by atoms with van der Waals surface area (Å²) in [4.78, 5) is 11.8. The molecule has 6 rings (SSSR count). The summed E-state index contributed by atoms with van der Waals surface area (Å²) >= 11 is 0. The predicted octanol–water partition coefficient (Wildman–Crippen LogP) is 2.71. The number of anilines is 1. The van der Waals surface area contributed by atoms with Crippen molar-refractivity contribution in [1.29, 1.82) is 0 Å². The molecule has 2 aliphatic heterocycles. The maximum Gasteiger partial charge on any atom is 0.250 e. The third kappa shape index (κ3) is 2.69. The third-order valence-corrected chi connectivity index (χ3v) is 5.92. The molecule has 0 amide bonds. The standard InChI is InChI=1S/C22H18FN5O3/c1-27-8-12(2-5-19(27)29)14-6-18-22(28-11-25-26-21(14)28)24-7-15-16(23)3-4-17-20(15)13(9-30-17)10-31-18/h2-6,8,11,13,24H,7,9-10H2,1H3/t13-/m0/s1. The van der Waals surface area contributed by atoms with Crippen LogP contribution in [0.25, 0.3) is 16.8 Å². The number of rotatable bonds is 1. The molecular formula is C22H18FN5O3. The Morgan fingerprint density at radius 3 is 2.84 bits per heavy atom. The first kappa shape index (κ1) is 17.9. The van der Waals surface area contributed by atoms with Gasteiger partial charge < -0.3 is 19.4 Å². The molecule has 1 aromatic carbocycles. The predicted molar refractivity (Wildman–Crippen MR) is 111 cm³/mol. The van der Waals surface area contributed by atoms with Crippen molar-refractivity contribution in [2.75, 3.05) is 18.5 Å². The van der Waals surface area contributed by atoms with Gasteiger partial charge in [-0.25, -0.2) is 4.39 Å². The van der Waals surface area contributed by atoms with Gasteiger partial charge in [-0.15, -0.1) is 10.2 Å². The Morgan fingerprint density at radius 2 is 2.00 bits per heavy atom. The second-order valence-corrected chi connectivity index (χ2v) is 7.77. The maximum absolute atomic E-state index is 14.7. The van der Waals surface area contributed by atoms with Gasteiger partial charge in [-0.3, -0.25) is 9.20 Å². The lowest BCUT2D eigenvalue weighted by molar-refractivity contribution is 0.249. The van der Waals surface area contributed by atoms with Crippen molar-refractivity contribution >= 4 is 11.5 Å². The smallest absolute Gasteiger partial charge is 0.250 e. The van der Waals surface area contributed by atoms with Crippen molar-refractivity contribution in [2.24, 2.45) is 7.05 Å². The van der Waals surface area contributed by atoms with E-state index in [1.165, 1.54) is 16.7 Å². The molecule has 1 atom stereocenters. The van der Waals surface area contributed by atoms with Crippen molar-refractivity contribution in [2.45, 2.75) is 12.5 Å². The average molecular weight is 419 g/mol. The van der Waals surface area contributed by atoms with Gasteiger partial charge in [0.25, 0.3) is 0 Å². The summed E-state index contributed by atoms with van der Waals surface area (Å²) in [5.74, 6) is 1.61. The van der Waals surface area contributed by atoms with Gasteiger partial charge in [0.1, 0.15) is 17.9 Å². The highest BCUT2D eigenvalue weighted by Gasteiger charge is 2.31. The van der Waals surface area contributed by atoms with E-state index in [2.05, 4.69) is 15.5 Å². The molecular weight excluding hydrogens is 401 g/mol. The highest BCUT2D eigenvalue weighted by molar-refractivity contribution is 5.81. The molecule has 0 fully saturated rings. The second-order valence-electron chi connectivity index (χ2n) is 7.77. The summed E-state index contributed by atoms with van der Waals surface area (Å²) < 4.78 is 30.0. The first-order chi connectivity index (χ1) is 15.1. The number of nitrogens with zero attached hydrogens (tertiary/aromatic N) is 4. The summed E-state index contributed by atoms with van der Waals surface area (Å²) in [6.45, 7) is 1.07. The fraction of sp³-hybridized carbons (Fsp3) is 0.227. The summed E-state index contributed by atoms with van der Waals surface area (Å²) in [7, 11) is 1.70. The minimum Gasteiger partial charge on any atom is -0.493 e. The maximum atomic E-state index is 14.7. The number of ether oxygens (including phenoxy) is 2. The van der Waals surface area contributed by atoms with Crippen LogP contribution in [0.4, 0.5) is 10.2 Å². The summed E-state index contributed by atoms with van der Waals surface area (Å²) in [5.41, 5.74) is 3.54. The molecule has 2 aliphatic rings. The Labute approximate surface area is 175 Å². The lowest BCUT2D eigenvalue weighted by atomic mass is 9.96. The van der Waals surface area contributed by atoms with Gasteiger partial charge in [0.15, 0.2) is 17.2 Å². The Hall–Kier alpha value is -3.88. The highest BCUT2D eigenvalue weighted by Crippen LogP contribution is 2.41. The second kappa shape index (κ2) is 6.56. The molecule has 0 bridgehead atoms. The van der Waals surface area contributed by atoms with Gasteiger partial charge in [-0.2, -0.15) is 0 Å². The number of pyridine rings is 2. The van der Waals surface area contributed by atoms with E-state index in [-0.39, 0.29) is 23.8 Å². The van der Waals surface area contributed by atoms with Gasteiger partial charge in [-0.1, -0.05) is 0 Å². The SMILES string of the molecule is Cn1cc(-c2cc3c(n4cnnc24)NCc2c(F)ccc4c2[C@@H](CO4)CO3)ccc1=O. The zero-order valence-electron chi connectivity index (χ0n) is 16.6. The minimum absolute atomic E-state index is 0.0638. The van der Waals surface area contributed by atoms with Crippen LogP contribution in [0, 0.1) is 5.82 Å². The molecule has 4 aromatic rings. The average Bonchev–Trinajstić information content (AvgIpc) is 3.41. The largest absolute Gasteiger partial charge is 0.493 e. The van der Waals surface area contributed by atoms with Crippen LogP contribution in [0.2, 0.25) is 0 Å². The molecule has 31 heavy (non-hydrogen) atoms. The van der Waals surface area contributed by atoms with Crippen molar-refractivity contribution in [3.05, 3.63) is 70.2 Å². The number of hydrogen-bond donors (Lipinski definition) is 1. The fourth-order valence-electron chi connectivity index (χ4n) is 4.35. The third-order valence-electron chi connectivity index (χ3n) is 5.92. The number of fused-ring (bicyclic) bond motifs is 3. The molecule has 9 heteroatoms. The molecule has 5 heterocycles. The Morgan fingerprint density at radius 1 is 1.16 bits per heavy atom. The number of halogens is 1. The normalized spacial score (nSPS) is 16.9. The number of nitrogens with one attached hydrogen (secondary N) is 1. The van der Waals surface area contributed by atoms with Gasteiger partial charge in [0.2, 0.25) is 5.56 Å². The molecule has 3 aromatic heterocycles. The van der Waals surface area contributed by atoms with Crippen molar-refractivity contribution < 1.29 is 13.9 Å². The van der Waals surface area contributed by atoms with Gasteiger partial charge >= 0.3 is 0 Å². The van der Waals surface area contributed by atoms with Crippen LogP contribution in [0.3, 0.4) is 0 Å². The molecule has 156 valence electrons. The number of benzene rings is 1. The lowest BCUT2D eigenvalue weighted by Crippen LogP contribution is -2.14. The number of aryl methyl sites for hydroxylation is 1. The first-order valence-electron chi connectivity index (χ1n) is 9.94. The fourth-order valence-corrected chi connectivity index (χ4v) is 4.35. The van der Waals surface area contributed by atoms with E-state index in [4.69, 9.17) is 9.47 Å². The molecule has 0 saturated carbocycles. The minimum atomic E-state index is -0.271.